The van der Waals surface area contributed by atoms with Crippen molar-refractivity contribution in [1.29, 1.82) is 0 Å². The van der Waals surface area contributed by atoms with Gasteiger partial charge in [0.15, 0.2) is 0 Å². The first-order valence-electron chi connectivity index (χ1n) is 6.83. The van der Waals surface area contributed by atoms with Gasteiger partial charge in [-0.2, -0.15) is 0 Å². The zero-order chi connectivity index (χ0) is 17.1. The van der Waals surface area contributed by atoms with Crippen LogP contribution in [0.3, 0.4) is 0 Å². The number of methoxy groups -OCH3 is 2. The van der Waals surface area contributed by atoms with Crippen molar-refractivity contribution in [3.63, 3.8) is 0 Å². The number of carbonyl (C=O) groups excluding carboxylic acids is 4. The number of aliphatic imine (C=N–C) groups is 2. The summed E-state index contributed by atoms with van der Waals surface area (Å²) in [5.74, 6) is -0.463. The fraction of sp³-hybridized carbons (Fsp3) is 0.714. The van der Waals surface area contributed by atoms with Gasteiger partial charge in [-0.3, -0.25) is 9.59 Å². The second kappa shape index (κ2) is 18.7. The van der Waals surface area contributed by atoms with E-state index in [0.717, 1.165) is 19.3 Å². The number of nitrogens with zero attached hydrogens (tertiary/aromatic N) is 2. The molecule has 0 heterocycles. The molecular formula is C14H22N2O6. The SMILES string of the molecule is COC(=O)CCCCCN=C=O.COC(=O)CCCN=C=O. The molecule has 0 amide bonds. The lowest BCUT2D eigenvalue weighted by atomic mass is 10.2. The molecule has 0 saturated carbocycles. The van der Waals surface area contributed by atoms with Crippen molar-refractivity contribution in [2.75, 3.05) is 27.3 Å². The number of ether oxygens (including phenoxy) is 2. The van der Waals surface area contributed by atoms with Crippen LogP contribution in [0.1, 0.15) is 38.5 Å². The van der Waals surface area contributed by atoms with E-state index in [2.05, 4.69) is 19.5 Å². The molecule has 0 unspecified atom stereocenters. The van der Waals surface area contributed by atoms with E-state index in [4.69, 9.17) is 0 Å². The number of carbonyl (C=O) groups is 2. The summed E-state index contributed by atoms with van der Waals surface area (Å²) in [5.41, 5.74) is 0. The largest absolute Gasteiger partial charge is 0.469 e. The highest BCUT2D eigenvalue weighted by Gasteiger charge is 1.98. The smallest absolute Gasteiger partial charge is 0.305 e. The third-order valence-corrected chi connectivity index (χ3v) is 2.39. The van der Waals surface area contributed by atoms with E-state index in [1.54, 1.807) is 0 Å². The Bertz CT molecular complexity index is 398. The minimum atomic E-state index is -0.277. The third kappa shape index (κ3) is 20.0. The maximum absolute atomic E-state index is 10.6. The molecule has 0 N–H and O–H groups in total. The first kappa shape index (κ1) is 22.0. The van der Waals surface area contributed by atoms with Crippen LogP contribution in [-0.2, 0) is 28.7 Å². The molecule has 0 rings (SSSR count). The number of isocyanates is 2. The van der Waals surface area contributed by atoms with E-state index >= 15 is 0 Å². The Balaban J connectivity index is 0. The fourth-order valence-electron chi connectivity index (χ4n) is 1.23. The van der Waals surface area contributed by atoms with Crippen LogP contribution in [0.15, 0.2) is 9.98 Å². The molecule has 0 spiro atoms. The second-order valence-corrected chi connectivity index (χ2v) is 4.01. The van der Waals surface area contributed by atoms with E-state index in [1.807, 2.05) is 0 Å². The molecule has 0 fully saturated rings. The number of hydrogen-bond donors (Lipinski definition) is 0. The fourth-order valence-corrected chi connectivity index (χ4v) is 1.23. The normalized spacial score (nSPS) is 8.45. The quantitative estimate of drug-likeness (QED) is 0.260. The first-order chi connectivity index (χ1) is 10.6. The summed E-state index contributed by atoms with van der Waals surface area (Å²) < 4.78 is 8.80. The minimum absolute atomic E-state index is 0.186. The van der Waals surface area contributed by atoms with Gasteiger partial charge in [0.1, 0.15) is 0 Å². The van der Waals surface area contributed by atoms with Gasteiger partial charge in [0.05, 0.1) is 27.3 Å². The third-order valence-electron chi connectivity index (χ3n) is 2.39. The second-order valence-electron chi connectivity index (χ2n) is 4.01. The van der Waals surface area contributed by atoms with Crippen molar-refractivity contribution >= 4 is 24.1 Å². The molecule has 0 aliphatic rings. The summed E-state index contributed by atoms with van der Waals surface area (Å²) in [7, 11) is 2.70. The molecule has 8 heteroatoms. The van der Waals surface area contributed by atoms with Crippen molar-refractivity contribution in [1.82, 2.24) is 0 Å². The van der Waals surface area contributed by atoms with Crippen LogP contribution in [-0.4, -0.2) is 51.4 Å². The first-order valence-corrected chi connectivity index (χ1v) is 6.83. The van der Waals surface area contributed by atoms with Gasteiger partial charge in [0.25, 0.3) is 0 Å². The Labute approximate surface area is 129 Å². The van der Waals surface area contributed by atoms with Gasteiger partial charge in [-0.1, -0.05) is 6.42 Å². The highest BCUT2D eigenvalue weighted by Crippen LogP contribution is 2.00. The zero-order valence-corrected chi connectivity index (χ0v) is 13.0. The monoisotopic (exact) mass is 314 g/mol. The molecule has 124 valence electrons. The van der Waals surface area contributed by atoms with E-state index in [1.165, 1.54) is 26.4 Å². The lowest BCUT2D eigenvalue weighted by Crippen LogP contribution is -2.00. The predicted octanol–water partition coefficient (Wildman–Crippen LogP) is 1.33. The Morgan fingerprint density at radius 3 is 1.68 bits per heavy atom. The number of unbranched alkanes of at least 4 members (excludes halogenated alkanes) is 2. The van der Waals surface area contributed by atoms with Crippen LogP contribution in [0, 0.1) is 0 Å². The van der Waals surface area contributed by atoms with Gasteiger partial charge in [0, 0.05) is 12.8 Å². The zero-order valence-electron chi connectivity index (χ0n) is 13.0. The number of hydrogen-bond acceptors (Lipinski definition) is 8. The lowest BCUT2D eigenvalue weighted by Gasteiger charge is -1.97. The molecule has 0 saturated heterocycles. The summed E-state index contributed by atoms with van der Waals surface area (Å²) in [6.07, 6.45) is 6.65. The molecule has 0 bridgehead atoms. The molecule has 8 nitrogen and oxygen atoms in total. The van der Waals surface area contributed by atoms with E-state index < -0.39 is 0 Å². The van der Waals surface area contributed by atoms with Gasteiger partial charge < -0.3 is 9.47 Å². The summed E-state index contributed by atoms with van der Waals surface area (Å²) in [5, 5.41) is 0. The van der Waals surface area contributed by atoms with Crippen molar-refractivity contribution in [3.8, 4) is 0 Å². The molecule has 0 aliphatic carbocycles. The Kier molecular flexibility index (Phi) is 18.7. The molecule has 0 aromatic carbocycles. The van der Waals surface area contributed by atoms with Gasteiger partial charge in [-0.25, -0.2) is 19.6 Å². The molecule has 0 atom stereocenters. The van der Waals surface area contributed by atoms with Gasteiger partial charge >= 0.3 is 11.9 Å². The van der Waals surface area contributed by atoms with Crippen LogP contribution >= 0.6 is 0 Å². The van der Waals surface area contributed by atoms with Crippen molar-refractivity contribution < 1.29 is 28.7 Å². The lowest BCUT2D eigenvalue weighted by molar-refractivity contribution is -0.141. The summed E-state index contributed by atoms with van der Waals surface area (Å²) in [4.78, 5) is 46.8. The molecule has 0 radical (unpaired) electrons. The van der Waals surface area contributed by atoms with Crippen molar-refractivity contribution in [2.45, 2.75) is 38.5 Å². The van der Waals surface area contributed by atoms with E-state index in [-0.39, 0.29) is 11.9 Å². The Morgan fingerprint density at radius 1 is 0.773 bits per heavy atom. The Morgan fingerprint density at radius 2 is 1.23 bits per heavy atom. The maximum Gasteiger partial charge on any atom is 0.305 e. The average Bonchev–Trinajstić information content (AvgIpc) is 2.54. The highest BCUT2D eigenvalue weighted by atomic mass is 16.5. The van der Waals surface area contributed by atoms with Gasteiger partial charge in [-0.15, -0.1) is 0 Å². The standard InChI is InChI=1S/C8H13NO3.C6H9NO3/c1-12-8(11)5-3-2-4-6-9-7-10;1-10-6(9)3-2-4-7-5-8/h2-6H2,1H3;2-4H2,1H3. The molecular weight excluding hydrogens is 292 g/mol. The summed E-state index contributed by atoms with van der Waals surface area (Å²) in [6.45, 7) is 0.850. The minimum Gasteiger partial charge on any atom is -0.469 e. The highest BCUT2D eigenvalue weighted by molar-refractivity contribution is 5.69. The number of rotatable bonds is 10. The van der Waals surface area contributed by atoms with Gasteiger partial charge in [0.2, 0.25) is 12.2 Å². The number of esters is 2. The van der Waals surface area contributed by atoms with Crippen LogP contribution in [0.4, 0.5) is 0 Å². The van der Waals surface area contributed by atoms with Crippen LogP contribution < -0.4 is 0 Å². The summed E-state index contributed by atoms with van der Waals surface area (Å²) >= 11 is 0. The average molecular weight is 314 g/mol. The van der Waals surface area contributed by atoms with Crippen LogP contribution in [0.5, 0.6) is 0 Å². The topological polar surface area (TPSA) is 111 Å². The molecule has 22 heavy (non-hydrogen) atoms. The predicted molar refractivity (Wildman–Crippen MR) is 77.7 cm³/mol. The van der Waals surface area contributed by atoms with Crippen molar-refractivity contribution in [2.24, 2.45) is 9.98 Å². The Hall–Kier alpha value is -2.30. The molecule has 0 aromatic heterocycles. The van der Waals surface area contributed by atoms with Crippen LogP contribution in [0.25, 0.3) is 0 Å². The van der Waals surface area contributed by atoms with E-state index in [9.17, 15) is 19.2 Å². The van der Waals surface area contributed by atoms with Gasteiger partial charge in [-0.05, 0) is 19.3 Å². The molecule has 0 aliphatic heterocycles. The molecule has 0 aromatic rings. The van der Waals surface area contributed by atoms with E-state index in [0.29, 0.717) is 32.4 Å². The summed E-state index contributed by atoms with van der Waals surface area (Å²) in [6, 6.07) is 0. The van der Waals surface area contributed by atoms with Crippen molar-refractivity contribution in [3.05, 3.63) is 0 Å². The van der Waals surface area contributed by atoms with Crippen LogP contribution in [0.2, 0.25) is 0 Å². The maximum atomic E-state index is 10.6.